The number of methoxy groups -OCH3 is 2. The van der Waals surface area contributed by atoms with Crippen LogP contribution in [0, 0.1) is 0 Å². The molecule has 0 saturated heterocycles. The molecule has 0 aliphatic carbocycles. The molecule has 4 aromatic rings. The summed E-state index contributed by atoms with van der Waals surface area (Å²) in [5.74, 6) is 2.72. The quantitative estimate of drug-likeness (QED) is 0.0871. The summed E-state index contributed by atoms with van der Waals surface area (Å²) in [6.07, 6.45) is 11.0. The van der Waals surface area contributed by atoms with E-state index >= 15 is 0 Å². The highest BCUT2D eigenvalue weighted by Crippen LogP contribution is 2.28. The van der Waals surface area contributed by atoms with Gasteiger partial charge in [-0.05, 0) is 110 Å². The van der Waals surface area contributed by atoms with E-state index in [4.69, 9.17) is 17.8 Å². The first-order valence-corrected chi connectivity index (χ1v) is 19.4. The maximum absolute atomic E-state index is 9.38. The van der Waals surface area contributed by atoms with Crippen LogP contribution in [0.4, 0.5) is 0 Å². The minimum absolute atomic E-state index is 0.209. The molecule has 264 valence electrons. The Kier molecular flexibility index (Phi) is 26.0. The number of thioether (sulfide) groups is 1. The summed E-state index contributed by atoms with van der Waals surface area (Å²) < 4.78 is 20.4. The molecule has 9 heteroatoms. The Hall–Kier alpha value is -2.95. The van der Waals surface area contributed by atoms with E-state index in [2.05, 4.69) is 25.3 Å². The minimum Gasteiger partial charge on any atom is -0.504 e. The zero-order valence-corrected chi connectivity index (χ0v) is 31.8. The zero-order chi connectivity index (χ0) is 35.2. The van der Waals surface area contributed by atoms with E-state index in [1.54, 1.807) is 26.4 Å². The van der Waals surface area contributed by atoms with Gasteiger partial charge >= 0.3 is 0 Å². The molecule has 4 aromatic carbocycles. The van der Waals surface area contributed by atoms with Gasteiger partial charge in [0.25, 0.3) is 0 Å². The van der Waals surface area contributed by atoms with Gasteiger partial charge < -0.3 is 28.1 Å². The Morgan fingerprint density at radius 1 is 0.604 bits per heavy atom. The number of phenolic OH excluding ortho intramolecular Hbond substituents is 2. The lowest BCUT2D eigenvalue weighted by atomic mass is 10.1. The number of hydrogen-bond donors (Lipinski definition) is 2. The van der Waals surface area contributed by atoms with Gasteiger partial charge in [0.1, 0.15) is 0 Å². The van der Waals surface area contributed by atoms with Crippen molar-refractivity contribution in [3.05, 3.63) is 114 Å². The molecule has 0 aromatic heterocycles. The van der Waals surface area contributed by atoms with Crippen molar-refractivity contribution < 1.29 is 28.1 Å². The third kappa shape index (κ3) is 20.4. The van der Waals surface area contributed by atoms with Crippen LogP contribution in [-0.2, 0) is 27.8 Å². The second kappa shape index (κ2) is 29.0. The molecule has 4 rings (SSSR count). The largest absolute Gasteiger partial charge is 0.504 e. The van der Waals surface area contributed by atoms with Gasteiger partial charge in [-0.2, -0.15) is 11.8 Å². The predicted molar refractivity (Wildman–Crippen MR) is 208 cm³/mol. The van der Waals surface area contributed by atoms with Gasteiger partial charge in [0.15, 0.2) is 23.0 Å². The second-order valence-corrected chi connectivity index (χ2v) is 12.7. The molecule has 0 heterocycles. The Balaban J connectivity index is 0.000000324. The number of phenols is 2. The Bertz CT molecular complexity index is 1220. The number of unbranched alkanes of at least 4 members (excludes halogenated alkanes) is 2. The van der Waals surface area contributed by atoms with Crippen molar-refractivity contribution in [2.24, 2.45) is 0 Å². The normalized spacial score (nSPS) is 9.96. The van der Waals surface area contributed by atoms with Gasteiger partial charge in [-0.15, -0.1) is 0 Å². The summed E-state index contributed by atoms with van der Waals surface area (Å²) in [7, 11) is 3.14. The number of aryl methyl sites for hydroxylation is 2. The molecule has 2 N–H and O–H groups in total. The summed E-state index contributed by atoms with van der Waals surface area (Å²) in [5, 5.41) is 18.8. The maximum atomic E-state index is 9.38. The van der Waals surface area contributed by atoms with Gasteiger partial charge in [0.2, 0.25) is 0 Å². The Morgan fingerprint density at radius 2 is 1.15 bits per heavy atom. The van der Waals surface area contributed by atoms with Crippen molar-refractivity contribution in [2.45, 2.75) is 63.9 Å². The molecule has 0 bridgehead atoms. The molecule has 0 unspecified atom stereocenters. The number of benzene rings is 4. The average molecular weight is 715 g/mol. The molecular formula is C39H54O6S3. The number of aromatic hydroxyl groups is 2. The fourth-order valence-electron chi connectivity index (χ4n) is 4.06. The van der Waals surface area contributed by atoms with Crippen LogP contribution in [0.25, 0.3) is 0 Å². The van der Waals surface area contributed by atoms with Crippen LogP contribution in [0.15, 0.2) is 102 Å². The van der Waals surface area contributed by atoms with Crippen LogP contribution in [0.5, 0.6) is 23.0 Å². The molecule has 0 atom stereocenters. The third-order valence-electron chi connectivity index (χ3n) is 6.57. The smallest absolute Gasteiger partial charge is 0.160 e. The zero-order valence-electron chi connectivity index (χ0n) is 29.4. The number of ether oxygens (including phenoxy) is 2. The highest BCUT2D eigenvalue weighted by atomic mass is 32.2. The number of hydrogen-bond acceptors (Lipinski definition) is 9. The molecule has 0 fully saturated rings. The molecule has 48 heavy (non-hydrogen) atoms. The van der Waals surface area contributed by atoms with Gasteiger partial charge in [-0.1, -0.05) is 80.4 Å². The van der Waals surface area contributed by atoms with Crippen molar-refractivity contribution in [1.82, 2.24) is 0 Å². The molecule has 0 saturated carbocycles. The predicted octanol–water partition coefficient (Wildman–Crippen LogP) is 11.0. The van der Waals surface area contributed by atoms with E-state index in [9.17, 15) is 10.2 Å². The van der Waals surface area contributed by atoms with E-state index in [0.29, 0.717) is 18.1 Å². The SMILES string of the molecule is CCCCCc1ccc(O)c(OC)c1.CCOSc1ccccc1.COc1cc(CCCSC)ccc1O.CSOCc1ccccc1. The van der Waals surface area contributed by atoms with Gasteiger partial charge in [0.05, 0.1) is 27.4 Å². The summed E-state index contributed by atoms with van der Waals surface area (Å²) in [5.41, 5.74) is 3.67. The van der Waals surface area contributed by atoms with Gasteiger partial charge in [-0.3, -0.25) is 0 Å². The van der Waals surface area contributed by atoms with Crippen LogP contribution in [0.3, 0.4) is 0 Å². The third-order valence-corrected chi connectivity index (χ3v) is 8.44. The monoisotopic (exact) mass is 714 g/mol. The molecule has 0 aliphatic rings. The minimum atomic E-state index is 0.209. The highest BCUT2D eigenvalue weighted by molar-refractivity contribution is 7.98. The maximum Gasteiger partial charge on any atom is 0.160 e. The molecule has 0 amide bonds. The van der Waals surface area contributed by atoms with Crippen molar-refractivity contribution >= 4 is 35.8 Å². The standard InChI is InChI=1S/C12H18O2.C11H16O2S.2C8H10OS/c1-3-4-5-6-10-7-8-11(13)12(9-10)14-2;1-13-11-8-9(4-3-7-14-2)5-6-10(11)12;1-10-9-7-8-5-3-2-4-6-8;1-2-9-10-8-6-4-3-5-7-8/h7-9,13H,3-6H2,1-2H3;5-6,8,12H,3-4,7H2,1-2H3;2-6H,7H2,1H3;3-7H,2H2,1H3. The summed E-state index contributed by atoms with van der Waals surface area (Å²) in [6, 6.07) is 31.3. The summed E-state index contributed by atoms with van der Waals surface area (Å²) in [6.45, 7) is 5.62. The van der Waals surface area contributed by atoms with E-state index < -0.39 is 0 Å². The molecule has 0 spiro atoms. The first-order valence-electron chi connectivity index (χ1n) is 16.2. The first kappa shape index (κ1) is 43.1. The summed E-state index contributed by atoms with van der Waals surface area (Å²) >= 11 is 4.67. The fraction of sp³-hybridized carbons (Fsp3) is 0.385. The van der Waals surface area contributed by atoms with Crippen LogP contribution in [0.1, 0.15) is 56.2 Å². The van der Waals surface area contributed by atoms with Crippen LogP contribution < -0.4 is 9.47 Å². The van der Waals surface area contributed by atoms with Gasteiger partial charge in [-0.25, -0.2) is 0 Å². The lowest BCUT2D eigenvalue weighted by molar-refractivity contribution is 0.366. The highest BCUT2D eigenvalue weighted by Gasteiger charge is 2.03. The Labute approximate surface area is 302 Å². The summed E-state index contributed by atoms with van der Waals surface area (Å²) in [4.78, 5) is 1.16. The Morgan fingerprint density at radius 3 is 1.62 bits per heavy atom. The lowest BCUT2D eigenvalue weighted by Gasteiger charge is -2.06. The van der Waals surface area contributed by atoms with E-state index in [1.165, 1.54) is 65.8 Å². The molecular weight excluding hydrogens is 661 g/mol. The van der Waals surface area contributed by atoms with Crippen molar-refractivity contribution in [2.75, 3.05) is 39.1 Å². The number of rotatable bonds is 16. The van der Waals surface area contributed by atoms with E-state index in [-0.39, 0.29) is 11.5 Å². The lowest BCUT2D eigenvalue weighted by Crippen LogP contribution is -1.90. The molecule has 0 radical (unpaired) electrons. The second-order valence-electron chi connectivity index (χ2n) is 10.3. The van der Waals surface area contributed by atoms with E-state index in [1.807, 2.05) is 97.7 Å². The van der Waals surface area contributed by atoms with Crippen LogP contribution >= 0.6 is 35.8 Å². The molecule has 6 nitrogen and oxygen atoms in total. The molecule has 0 aliphatic heterocycles. The van der Waals surface area contributed by atoms with E-state index in [0.717, 1.165) is 30.8 Å². The van der Waals surface area contributed by atoms with Crippen LogP contribution in [-0.4, -0.2) is 49.3 Å². The van der Waals surface area contributed by atoms with Gasteiger partial charge in [0, 0.05) is 23.2 Å². The topological polar surface area (TPSA) is 77.4 Å². The van der Waals surface area contributed by atoms with Crippen molar-refractivity contribution in [3.63, 3.8) is 0 Å². The fourth-order valence-corrected chi connectivity index (χ4v) is 5.27. The van der Waals surface area contributed by atoms with Crippen molar-refractivity contribution in [1.29, 1.82) is 0 Å². The average Bonchev–Trinajstić information content (AvgIpc) is 3.13. The van der Waals surface area contributed by atoms with Crippen molar-refractivity contribution in [3.8, 4) is 23.0 Å². The van der Waals surface area contributed by atoms with Crippen LogP contribution in [0.2, 0.25) is 0 Å². The first-order chi connectivity index (χ1) is 23.4.